The number of fused-ring (bicyclic) bond motifs is 4. The number of carbonyl (C=O) groups excluding carboxylic acids is 2. The van der Waals surface area contributed by atoms with Gasteiger partial charge in [-0.15, -0.1) is 0 Å². The van der Waals surface area contributed by atoms with Crippen molar-refractivity contribution in [3.05, 3.63) is 85.4 Å². The second-order valence-electron chi connectivity index (χ2n) is 13.6. The summed E-state index contributed by atoms with van der Waals surface area (Å²) >= 11 is 0. The van der Waals surface area contributed by atoms with Crippen LogP contribution in [-0.2, 0) is 25.7 Å². The highest BCUT2D eigenvalue weighted by Gasteiger charge is 2.35. The van der Waals surface area contributed by atoms with Gasteiger partial charge in [0.05, 0.1) is 11.5 Å². The second-order valence-corrected chi connectivity index (χ2v) is 13.6. The van der Waals surface area contributed by atoms with Crippen LogP contribution in [0.3, 0.4) is 0 Å². The van der Waals surface area contributed by atoms with E-state index in [-0.39, 0.29) is 17.3 Å². The predicted octanol–water partition coefficient (Wildman–Crippen LogP) is 4.10. The topological polar surface area (TPSA) is 72.7 Å². The Morgan fingerprint density at radius 2 is 1.59 bits per heavy atom. The van der Waals surface area contributed by atoms with Gasteiger partial charge in [0.25, 0.3) is 0 Å². The summed E-state index contributed by atoms with van der Waals surface area (Å²) in [6, 6.07) is 9.61. The maximum Gasteiger partial charge on any atom is 0.210 e. The molecule has 0 N–H and O–H groups in total. The molecule has 5 aliphatic rings. The SMILES string of the molecule is CC(C)C(=O)c1ccc(C(=O)[O-])c(C2=c3cc4c5c(c3Oc3c2cc2c6c3CCCN6CCCC2)CCC[N+]=5CCCC4)c1. The Morgan fingerprint density at radius 1 is 0.818 bits per heavy atom. The lowest BCUT2D eigenvalue weighted by atomic mass is 9.82. The third kappa shape index (κ3) is 4.24. The minimum Gasteiger partial charge on any atom is -0.545 e. The normalized spacial score (nSPS) is 18.4. The second kappa shape index (κ2) is 10.6. The number of nitrogens with zero attached hydrogens (tertiary/aromatic N) is 2. The molecular weight excluding hydrogens is 548 g/mol. The monoisotopic (exact) mass is 588 g/mol. The van der Waals surface area contributed by atoms with Gasteiger partial charge in [-0.3, -0.25) is 4.79 Å². The van der Waals surface area contributed by atoms with Gasteiger partial charge >= 0.3 is 0 Å². The first-order valence-electron chi connectivity index (χ1n) is 16.7. The van der Waals surface area contributed by atoms with Crippen molar-refractivity contribution in [3.63, 3.8) is 0 Å². The number of hydrogen-bond donors (Lipinski definition) is 0. The minimum absolute atomic E-state index is 0.00424. The molecule has 5 heterocycles. The van der Waals surface area contributed by atoms with Gasteiger partial charge in [0, 0.05) is 76.1 Å². The van der Waals surface area contributed by atoms with Gasteiger partial charge in [-0.1, -0.05) is 26.0 Å². The number of ketones is 1. The highest BCUT2D eigenvalue weighted by atomic mass is 16.5. The number of carboxylic acid groups (broad SMARTS) is 1. The molecule has 5 aliphatic heterocycles. The van der Waals surface area contributed by atoms with Crippen LogP contribution in [0.5, 0.6) is 11.5 Å². The van der Waals surface area contributed by atoms with Crippen LogP contribution in [0.25, 0.3) is 5.57 Å². The average molecular weight is 589 g/mol. The van der Waals surface area contributed by atoms with Crippen LogP contribution in [0.4, 0.5) is 5.69 Å². The van der Waals surface area contributed by atoms with Crippen molar-refractivity contribution in [2.24, 2.45) is 5.92 Å². The van der Waals surface area contributed by atoms with Crippen LogP contribution in [0.2, 0.25) is 0 Å². The third-order valence-electron chi connectivity index (χ3n) is 10.5. The number of aromatic carboxylic acids is 1. The highest BCUT2D eigenvalue weighted by Crippen LogP contribution is 2.48. The third-order valence-corrected chi connectivity index (χ3v) is 10.5. The van der Waals surface area contributed by atoms with E-state index in [0.717, 1.165) is 118 Å². The van der Waals surface area contributed by atoms with Crippen LogP contribution in [0.1, 0.15) is 106 Å². The molecule has 0 amide bonds. The van der Waals surface area contributed by atoms with E-state index in [9.17, 15) is 14.7 Å². The van der Waals surface area contributed by atoms with Crippen molar-refractivity contribution in [3.8, 4) is 11.5 Å². The molecule has 0 radical (unpaired) electrons. The predicted molar refractivity (Wildman–Crippen MR) is 169 cm³/mol. The molecule has 0 bridgehead atoms. The smallest absolute Gasteiger partial charge is 0.210 e. The Hall–Kier alpha value is -3.93. The number of ether oxygens (including phenoxy) is 1. The summed E-state index contributed by atoms with van der Waals surface area (Å²) in [6.45, 7) is 8.03. The first-order valence-corrected chi connectivity index (χ1v) is 16.7. The van der Waals surface area contributed by atoms with Gasteiger partial charge in [-0.05, 0) is 80.7 Å². The molecule has 8 rings (SSSR count). The summed E-state index contributed by atoms with van der Waals surface area (Å²) in [5.74, 6) is 0.336. The van der Waals surface area contributed by atoms with Gasteiger partial charge in [-0.25, -0.2) is 4.58 Å². The fraction of sp³-hybridized carbons (Fsp3) is 0.447. The van der Waals surface area contributed by atoms with E-state index < -0.39 is 5.97 Å². The van der Waals surface area contributed by atoms with Gasteiger partial charge in [0.1, 0.15) is 24.6 Å². The number of carboxylic acids is 1. The van der Waals surface area contributed by atoms with E-state index in [4.69, 9.17) is 4.74 Å². The number of rotatable bonds is 4. The van der Waals surface area contributed by atoms with Crippen molar-refractivity contribution in [1.82, 2.24) is 4.58 Å². The Bertz CT molecular complexity index is 1890. The highest BCUT2D eigenvalue weighted by molar-refractivity contribution is 6.03. The molecule has 0 saturated carbocycles. The molecule has 0 unspecified atom stereocenters. The van der Waals surface area contributed by atoms with E-state index in [1.165, 1.54) is 33.3 Å². The fourth-order valence-corrected chi connectivity index (χ4v) is 8.53. The molecule has 0 atom stereocenters. The molecule has 3 aromatic rings. The van der Waals surface area contributed by atoms with E-state index in [0.29, 0.717) is 11.1 Å². The number of benzene rings is 3. The zero-order valence-electron chi connectivity index (χ0n) is 25.9. The minimum atomic E-state index is -1.23. The standard InChI is InChI=1S/C38H40N2O4/c1-22(2)35(41)25-13-14-26(38(42)43)29(21-25)32-30-19-23-9-3-5-15-39-17-7-11-27(33(23)39)36(30)44-37-28-12-8-18-40-16-6-4-10-24(34(28)40)20-31(32)37/h13-14,19-22H,3-12,15-18H2,1-2H3. The largest absolute Gasteiger partial charge is 0.545 e. The summed E-state index contributed by atoms with van der Waals surface area (Å²) in [4.78, 5) is 28.6. The molecule has 0 spiro atoms. The van der Waals surface area contributed by atoms with Crippen molar-refractivity contribution < 1.29 is 19.4 Å². The van der Waals surface area contributed by atoms with Crippen LogP contribution in [-0.4, -0.2) is 37.9 Å². The van der Waals surface area contributed by atoms with Crippen LogP contribution >= 0.6 is 0 Å². The van der Waals surface area contributed by atoms with Gasteiger partial charge in [0.2, 0.25) is 5.36 Å². The zero-order valence-corrected chi connectivity index (χ0v) is 25.9. The molecule has 6 heteroatoms. The number of Topliss-reactive ketones (excluding diaryl/α,β-unsaturated/α-hetero) is 1. The van der Waals surface area contributed by atoms with E-state index in [2.05, 4.69) is 21.6 Å². The Balaban J connectivity index is 1.53. The summed E-state index contributed by atoms with van der Waals surface area (Å²) in [5.41, 5.74) is 9.55. The van der Waals surface area contributed by atoms with Gasteiger partial charge in [-0.2, -0.15) is 0 Å². The zero-order chi connectivity index (χ0) is 30.1. The molecule has 0 fully saturated rings. The first-order chi connectivity index (χ1) is 21.4. The number of carbonyl (C=O) groups is 2. The number of aryl methyl sites for hydroxylation is 2. The molecule has 3 aromatic carbocycles. The Morgan fingerprint density at radius 3 is 2.43 bits per heavy atom. The van der Waals surface area contributed by atoms with Crippen molar-refractivity contribution in [2.45, 2.75) is 78.1 Å². The summed E-state index contributed by atoms with van der Waals surface area (Å²) < 4.78 is 9.72. The van der Waals surface area contributed by atoms with Crippen molar-refractivity contribution in [2.75, 3.05) is 31.1 Å². The van der Waals surface area contributed by atoms with E-state index in [1.54, 1.807) is 12.1 Å². The molecule has 6 nitrogen and oxygen atoms in total. The maximum absolute atomic E-state index is 13.3. The average Bonchev–Trinajstić information content (AvgIpc) is 3.37. The Labute approximate surface area is 258 Å². The molecule has 0 saturated heterocycles. The lowest BCUT2D eigenvalue weighted by Crippen LogP contribution is -2.41. The number of anilines is 1. The maximum atomic E-state index is 13.3. The summed E-state index contributed by atoms with van der Waals surface area (Å²) in [6.07, 6.45) is 10.6. The molecule has 0 aliphatic carbocycles. The molecule has 44 heavy (non-hydrogen) atoms. The molecule has 0 aromatic heterocycles. The lowest BCUT2D eigenvalue weighted by molar-refractivity contribution is -0.255. The van der Waals surface area contributed by atoms with E-state index in [1.807, 2.05) is 19.9 Å². The van der Waals surface area contributed by atoms with Crippen molar-refractivity contribution in [1.29, 1.82) is 0 Å². The van der Waals surface area contributed by atoms with Crippen molar-refractivity contribution >= 4 is 23.0 Å². The quantitative estimate of drug-likeness (QED) is 0.265. The summed E-state index contributed by atoms with van der Waals surface area (Å²) in [5, 5.41) is 15.1. The fourth-order valence-electron chi connectivity index (χ4n) is 8.53. The summed E-state index contributed by atoms with van der Waals surface area (Å²) in [7, 11) is 0. The van der Waals surface area contributed by atoms with E-state index >= 15 is 0 Å². The van der Waals surface area contributed by atoms with Gasteiger partial charge < -0.3 is 19.5 Å². The number of hydrogen-bond acceptors (Lipinski definition) is 5. The first kappa shape index (κ1) is 27.6. The lowest BCUT2D eigenvalue weighted by Gasteiger charge is -2.36. The molecular formula is C38H40N2O4. The molecule has 226 valence electrons. The van der Waals surface area contributed by atoms with Crippen LogP contribution in [0.15, 0.2) is 30.3 Å². The van der Waals surface area contributed by atoms with Crippen LogP contribution in [0, 0.1) is 5.92 Å². The van der Waals surface area contributed by atoms with Gasteiger partial charge in [0.15, 0.2) is 5.78 Å². The Kier molecular flexibility index (Phi) is 6.65. The van der Waals surface area contributed by atoms with Crippen LogP contribution < -0.4 is 29.9 Å².